The summed E-state index contributed by atoms with van der Waals surface area (Å²) in [6.45, 7) is 5.10. The van der Waals surface area contributed by atoms with Crippen LogP contribution in [0.25, 0.3) is 22.2 Å². The standard InChI is InChI=1S/C29H33N3O2/c1-21-10-12-22(13-11-21)27-20-25(24-8-4-5-9-26(24)30-27)29(34)32-18-14-23(15-19-32)28(33)31-16-6-2-3-7-17-31/h4-5,8-13,20,23H,2-3,6-7,14-19H2,1H3. The summed E-state index contributed by atoms with van der Waals surface area (Å²) in [5.74, 6) is 0.372. The smallest absolute Gasteiger partial charge is 0.254 e. The Kier molecular flexibility index (Phi) is 6.61. The molecule has 0 atom stereocenters. The Bertz CT molecular complexity index is 1170. The predicted octanol–water partition coefficient (Wildman–Crippen LogP) is 5.47. The van der Waals surface area contributed by atoms with E-state index in [4.69, 9.17) is 4.98 Å². The number of hydrogen-bond donors (Lipinski definition) is 0. The van der Waals surface area contributed by atoms with Crippen LogP contribution in [0.3, 0.4) is 0 Å². The molecule has 0 radical (unpaired) electrons. The van der Waals surface area contributed by atoms with Crippen LogP contribution >= 0.6 is 0 Å². The van der Waals surface area contributed by atoms with Crippen LogP contribution in [0.2, 0.25) is 0 Å². The maximum Gasteiger partial charge on any atom is 0.254 e. The normalized spacial score (nSPS) is 17.6. The lowest BCUT2D eigenvalue weighted by Crippen LogP contribution is -2.44. The second kappa shape index (κ2) is 9.96. The SMILES string of the molecule is Cc1ccc(-c2cc(C(=O)N3CCC(C(=O)N4CCCCCC4)CC3)c3ccccc3n2)cc1. The maximum absolute atomic E-state index is 13.7. The Hall–Kier alpha value is -3.21. The highest BCUT2D eigenvalue weighted by molar-refractivity contribution is 6.07. The highest BCUT2D eigenvalue weighted by atomic mass is 16.2. The molecule has 1 aromatic heterocycles. The van der Waals surface area contributed by atoms with Gasteiger partial charge in [-0.15, -0.1) is 0 Å². The molecule has 0 bridgehead atoms. The van der Waals surface area contributed by atoms with Crippen LogP contribution < -0.4 is 0 Å². The average molecular weight is 456 g/mol. The molecule has 5 rings (SSSR count). The Labute approximate surface area is 201 Å². The van der Waals surface area contributed by atoms with Gasteiger partial charge in [0.15, 0.2) is 0 Å². The highest BCUT2D eigenvalue weighted by Gasteiger charge is 2.31. The zero-order valence-corrected chi connectivity index (χ0v) is 20.0. The molecule has 2 aromatic carbocycles. The molecular weight excluding hydrogens is 422 g/mol. The number of aryl methyl sites for hydroxylation is 1. The van der Waals surface area contributed by atoms with E-state index in [2.05, 4.69) is 36.1 Å². The summed E-state index contributed by atoms with van der Waals surface area (Å²) in [4.78, 5) is 35.6. The van der Waals surface area contributed by atoms with E-state index in [0.717, 1.165) is 60.9 Å². The van der Waals surface area contributed by atoms with Gasteiger partial charge >= 0.3 is 0 Å². The van der Waals surface area contributed by atoms with Crippen molar-refractivity contribution in [2.24, 2.45) is 5.92 Å². The minimum Gasteiger partial charge on any atom is -0.342 e. The molecule has 2 fully saturated rings. The number of aromatic nitrogens is 1. The van der Waals surface area contributed by atoms with Crippen LogP contribution in [0.5, 0.6) is 0 Å². The molecule has 0 N–H and O–H groups in total. The first-order valence-electron chi connectivity index (χ1n) is 12.6. The van der Waals surface area contributed by atoms with Gasteiger partial charge in [-0.3, -0.25) is 9.59 Å². The van der Waals surface area contributed by atoms with E-state index >= 15 is 0 Å². The number of carbonyl (C=O) groups excluding carboxylic acids is 2. The van der Waals surface area contributed by atoms with Crippen molar-refractivity contribution in [3.05, 3.63) is 65.7 Å². The Morgan fingerprint density at radius 2 is 1.50 bits per heavy atom. The number of fused-ring (bicyclic) bond motifs is 1. The van der Waals surface area contributed by atoms with Crippen molar-refractivity contribution in [3.63, 3.8) is 0 Å². The zero-order chi connectivity index (χ0) is 23.5. The second-order valence-corrected chi connectivity index (χ2v) is 9.74. The molecule has 2 aliphatic heterocycles. The van der Waals surface area contributed by atoms with Crippen molar-refractivity contribution in [1.82, 2.24) is 14.8 Å². The quantitative estimate of drug-likeness (QED) is 0.527. The number of benzene rings is 2. The van der Waals surface area contributed by atoms with Crippen molar-refractivity contribution >= 4 is 22.7 Å². The van der Waals surface area contributed by atoms with Crippen molar-refractivity contribution < 1.29 is 9.59 Å². The largest absolute Gasteiger partial charge is 0.342 e. The summed E-state index contributed by atoms with van der Waals surface area (Å²) < 4.78 is 0. The lowest BCUT2D eigenvalue weighted by molar-refractivity contribution is -0.136. The first-order valence-corrected chi connectivity index (χ1v) is 12.6. The van der Waals surface area contributed by atoms with Gasteiger partial charge in [-0.25, -0.2) is 4.98 Å². The van der Waals surface area contributed by atoms with Crippen LogP contribution in [-0.4, -0.2) is 52.8 Å². The fraction of sp³-hybridized carbons (Fsp3) is 0.414. The Morgan fingerprint density at radius 1 is 0.824 bits per heavy atom. The third-order valence-corrected chi connectivity index (χ3v) is 7.34. The van der Waals surface area contributed by atoms with Gasteiger partial charge in [0, 0.05) is 43.0 Å². The van der Waals surface area contributed by atoms with E-state index in [-0.39, 0.29) is 11.8 Å². The van der Waals surface area contributed by atoms with E-state index < -0.39 is 0 Å². The molecular formula is C29H33N3O2. The average Bonchev–Trinajstić information content (AvgIpc) is 3.17. The zero-order valence-electron chi connectivity index (χ0n) is 20.0. The van der Waals surface area contributed by atoms with Gasteiger partial charge in [-0.05, 0) is 44.7 Å². The fourth-order valence-electron chi connectivity index (χ4n) is 5.27. The van der Waals surface area contributed by atoms with E-state index in [1.807, 2.05) is 35.2 Å². The molecule has 34 heavy (non-hydrogen) atoms. The van der Waals surface area contributed by atoms with E-state index in [0.29, 0.717) is 24.6 Å². The topological polar surface area (TPSA) is 53.5 Å². The monoisotopic (exact) mass is 455 g/mol. The minimum absolute atomic E-state index is 0.0348. The van der Waals surface area contributed by atoms with Crippen LogP contribution in [0, 0.1) is 12.8 Å². The van der Waals surface area contributed by atoms with Gasteiger partial charge in [0.05, 0.1) is 16.8 Å². The first kappa shape index (κ1) is 22.6. The van der Waals surface area contributed by atoms with E-state index in [9.17, 15) is 9.59 Å². The number of likely N-dealkylation sites (tertiary alicyclic amines) is 2. The molecule has 5 nitrogen and oxygen atoms in total. The molecule has 5 heteroatoms. The number of carbonyl (C=O) groups is 2. The molecule has 0 spiro atoms. The van der Waals surface area contributed by atoms with Crippen LogP contribution in [-0.2, 0) is 4.79 Å². The maximum atomic E-state index is 13.7. The van der Waals surface area contributed by atoms with Gasteiger partial charge in [-0.1, -0.05) is 60.9 Å². The van der Waals surface area contributed by atoms with Gasteiger partial charge in [0.25, 0.3) is 5.91 Å². The Balaban J connectivity index is 1.35. The third-order valence-electron chi connectivity index (χ3n) is 7.34. The van der Waals surface area contributed by atoms with Crippen LogP contribution in [0.15, 0.2) is 54.6 Å². The minimum atomic E-state index is 0.0348. The van der Waals surface area contributed by atoms with Crippen LogP contribution in [0.4, 0.5) is 0 Å². The van der Waals surface area contributed by atoms with E-state index in [1.54, 1.807) is 0 Å². The van der Waals surface area contributed by atoms with Crippen molar-refractivity contribution in [3.8, 4) is 11.3 Å². The highest BCUT2D eigenvalue weighted by Crippen LogP contribution is 2.28. The van der Waals surface area contributed by atoms with Gasteiger partial charge < -0.3 is 9.80 Å². The Morgan fingerprint density at radius 3 is 2.21 bits per heavy atom. The van der Waals surface area contributed by atoms with Gasteiger partial charge in [0.1, 0.15) is 0 Å². The number of amides is 2. The van der Waals surface area contributed by atoms with Gasteiger partial charge in [-0.2, -0.15) is 0 Å². The molecule has 176 valence electrons. The molecule has 2 saturated heterocycles. The summed E-state index contributed by atoms with van der Waals surface area (Å²) in [5, 5.41) is 0.881. The second-order valence-electron chi connectivity index (χ2n) is 9.74. The summed E-state index contributed by atoms with van der Waals surface area (Å²) in [6.07, 6.45) is 6.16. The number of nitrogens with zero attached hydrogens (tertiary/aromatic N) is 3. The lowest BCUT2D eigenvalue weighted by Gasteiger charge is -2.34. The van der Waals surface area contributed by atoms with Crippen LogP contribution in [0.1, 0.15) is 54.4 Å². The molecule has 0 unspecified atom stereocenters. The summed E-state index contributed by atoms with van der Waals surface area (Å²) in [7, 11) is 0. The number of rotatable bonds is 3. The number of piperidine rings is 1. The molecule has 0 saturated carbocycles. The summed E-state index contributed by atoms with van der Waals surface area (Å²) in [5.41, 5.74) is 4.53. The lowest BCUT2D eigenvalue weighted by atomic mass is 9.94. The predicted molar refractivity (Wildman–Crippen MR) is 136 cm³/mol. The first-order chi connectivity index (χ1) is 16.6. The molecule has 2 amide bonds. The molecule has 0 aliphatic carbocycles. The molecule has 2 aliphatic rings. The van der Waals surface area contributed by atoms with Crippen molar-refractivity contribution in [2.45, 2.75) is 45.4 Å². The summed E-state index contributed by atoms with van der Waals surface area (Å²) >= 11 is 0. The molecule has 3 aromatic rings. The van der Waals surface area contributed by atoms with Crippen molar-refractivity contribution in [2.75, 3.05) is 26.2 Å². The number of para-hydroxylation sites is 1. The number of hydrogen-bond acceptors (Lipinski definition) is 3. The fourth-order valence-corrected chi connectivity index (χ4v) is 5.27. The molecule has 3 heterocycles. The van der Waals surface area contributed by atoms with Crippen molar-refractivity contribution in [1.29, 1.82) is 0 Å². The number of pyridine rings is 1. The van der Waals surface area contributed by atoms with E-state index in [1.165, 1.54) is 18.4 Å². The third kappa shape index (κ3) is 4.70. The van der Waals surface area contributed by atoms with Gasteiger partial charge in [0.2, 0.25) is 5.91 Å². The summed E-state index contributed by atoms with van der Waals surface area (Å²) in [6, 6.07) is 18.0.